The molecule has 2 fully saturated rings. The van der Waals surface area contributed by atoms with Gasteiger partial charge in [-0.15, -0.1) is 0 Å². The van der Waals surface area contributed by atoms with Crippen LogP contribution in [0.2, 0.25) is 0 Å². The number of aliphatic carboxylic acids is 1. The van der Waals surface area contributed by atoms with Crippen molar-refractivity contribution in [2.24, 2.45) is 23.2 Å². The van der Waals surface area contributed by atoms with Gasteiger partial charge in [-0.05, 0) is 18.8 Å². The molecule has 1 aliphatic heterocycles. The van der Waals surface area contributed by atoms with Gasteiger partial charge in [0.2, 0.25) is 5.91 Å². The van der Waals surface area contributed by atoms with Crippen LogP contribution >= 0.6 is 0 Å². The first-order chi connectivity index (χ1) is 8.89. The molecule has 1 saturated heterocycles. The molecule has 1 heterocycles. The number of rotatable bonds is 5. The Bertz CT molecular complexity index is 374. The third kappa shape index (κ3) is 2.61. The average Bonchev–Trinajstić information content (AvgIpc) is 2.73. The Morgan fingerprint density at radius 1 is 1.37 bits per heavy atom. The molecular weight excluding hydrogens is 246 g/mol. The van der Waals surface area contributed by atoms with Crippen molar-refractivity contribution in [1.82, 2.24) is 4.90 Å². The van der Waals surface area contributed by atoms with Gasteiger partial charge in [0.05, 0.1) is 18.4 Å². The van der Waals surface area contributed by atoms with Crippen molar-refractivity contribution in [3.8, 4) is 0 Å². The van der Waals surface area contributed by atoms with Crippen molar-refractivity contribution in [2.75, 3.05) is 26.3 Å². The Kier molecular flexibility index (Phi) is 3.85. The fourth-order valence-corrected chi connectivity index (χ4v) is 3.17. The summed E-state index contributed by atoms with van der Waals surface area (Å²) in [6.45, 7) is 8.46. The predicted molar refractivity (Wildman–Crippen MR) is 69.6 cm³/mol. The molecule has 1 N–H and O–H groups in total. The average molecular weight is 269 g/mol. The Morgan fingerprint density at radius 2 is 2.05 bits per heavy atom. The van der Waals surface area contributed by atoms with Gasteiger partial charge in [-0.3, -0.25) is 9.59 Å². The van der Waals surface area contributed by atoms with Gasteiger partial charge < -0.3 is 14.7 Å². The van der Waals surface area contributed by atoms with Crippen LogP contribution in [0.4, 0.5) is 0 Å². The van der Waals surface area contributed by atoms with E-state index >= 15 is 0 Å². The van der Waals surface area contributed by atoms with E-state index in [0.29, 0.717) is 25.6 Å². The summed E-state index contributed by atoms with van der Waals surface area (Å²) in [6.07, 6.45) is 0.986. The van der Waals surface area contributed by atoms with E-state index in [1.54, 1.807) is 4.90 Å². The highest BCUT2D eigenvalue weighted by atomic mass is 16.5. The molecule has 1 saturated carbocycles. The Labute approximate surface area is 113 Å². The summed E-state index contributed by atoms with van der Waals surface area (Å²) >= 11 is 0. The number of nitrogens with zero attached hydrogens (tertiary/aromatic N) is 1. The molecule has 0 spiro atoms. The number of hydrogen-bond donors (Lipinski definition) is 1. The van der Waals surface area contributed by atoms with Gasteiger partial charge in [-0.1, -0.05) is 13.8 Å². The van der Waals surface area contributed by atoms with Crippen LogP contribution in [0.25, 0.3) is 0 Å². The highest BCUT2D eigenvalue weighted by molar-refractivity contribution is 5.91. The molecule has 1 aliphatic carbocycles. The zero-order valence-corrected chi connectivity index (χ0v) is 11.9. The lowest BCUT2D eigenvalue weighted by molar-refractivity contribution is -0.142. The summed E-state index contributed by atoms with van der Waals surface area (Å²) in [5.74, 6) is -1.37. The van der Waals surface area contributed by atoms with Crippen molar-refractivity contribution in [3.63, 3.8) is 0 Å². The summed E-state index contributed by atoms with van der Waals surface area (Å²) in [4.78, 5) is 25.4. The summed E-state index contributed by atoms with van der Waals surface area (Å²) in [5, 5.41) is 9.16. The minimum atomic E-state index is -0.858. The van der Waals surface area contributed by atoms with E-state index < -0.39 is 17.3 Å². The SMILES string of the molecule is CCN(CC1CCOC1)C(=O)C1C(C(=O)O)C1(C)C. The fraction of sp³-hybridized carbons (Fsp3) is 0.857. The number of ether oxygens (including phenoxy) is 1. The lowest BCUT2D eigenvalue weighted by Crippen LogP contribution is -2.37. The van der Waals surface area contributed by atoms with Crippen molar-refractivity contribution in [3.05, 3.63) is 0 Å². The van der Waals surface area contributed by atoms with Gasteiger partial charge >= 0.3 is 5.97 Å². The predicted octanol–water partition coefficient (Wildman–Crippen LogP) is 1.23. The minimum absolute atomic E-state index is 0.00759. The van der Waals surface area contributed by atoms with E-state index in [2.05, 4.69) is 0 Å². The van der Waals surface area contributed by atoms with Crippen LogP contribution in [0.5, 0.6) is 0 Å². The fourth-order valence-electron chi connectivity index (χ4n) is 3.17. The number of amides is 1. The van der Waals surface area contributed by atoms with Gasteiger partial charge in [-0.2, -0.15) is 0 Å². The van der Waals surface area contributed by atoms with Gasteiger partial charge in [0.1, 0.15) is 0 Å². The Hall–Kier alpha value is -1.10. The lowest BCUT2D eigenvalue weighted by Gasteiger charge is -2.24. The molecule has 5 nitrogen and oxygen atoms in total. The molecular formula is C14H23NO4. The second-order valence-electron chi connectivity index (χ2n) is 6.22. The van der Waals surface area contributed by atoms with Gasteiger partial charge in [0, 0.05) is 25.6 Å². The lowest BCUT2D eigenvalue weighted by atomic mass is 10.1. The van der Waals surface area contributed by atoms with Crippen molar-refractivity contribution < 1.29 is 19.4 Å². The molecule has 0 aromatic carbocycles. The van der Waals surface area contributed by atoms with Crippen LogP contribution in [0.15, 0.2) is 0 Å². The van der Waals surface area contributed by atoms with Crippen molar-refractivity contribution in [2.45, 2.75) is 27.2 Å². The van der Waals surface area contributed by atoms with Gasteiger partial charge in [0.15, 0.2) is 0 Å². The molecule has 1 amide bonds. The van der Waals surface area contributed by atoms with Crippen molar-refractivity contribution >= 4 is 11.9 Å². The molecule has 0 bridgehead atoms. The largest absolute Gasteiger partial charge is 0.481 e. The van der Waals surface area contributed by atoms with Crippen LogP contribution < -0.4 is 0 Å². The topological polar surface area (TPSA) is 66.8 Å². The summed E-state index contributed by atoms with van der Waals surface area (Å²) in [5.41, 5.74) is -0.414. The summed E-state index contributed by atoms with van der Waals surface area (Å²) in [7, 11) is 0. The van der Waals surface area contributed by atoms with E-state index in [-0.39, 0.29) is 11.8 Å². The zero-order chi connectivity index (χ0) is 14.2. The van der Waals surface area contributed by atoms with Gasteiger partial charge in [0.25, 0.3) is 0 Å². The number of carbonyl (C=O) groups is 2. The smallest absolute Gasteiger partial charge is 0.307 e. The van der Waals surface area contributed by atoms with E-state index in [0.717, 1.165) is 13.0 Å². The highest BCUT2D eigenvalue weighted by Gasteiger charge is 2.66. The summed E-state index contributed by atoms with van der Waals surface area (Å²) < 4.78 is 5.33. The minimum Gasteiger partial charge on any atom is -0.481 e. The van der Waals surface area contributed by atoms with E-state index in [9.17, 15) is 9.59 Å². The first kappa shape index (κ1) is 14.3. The maximum Gasteiger partial charge on any atom is 0.307 e. The molecule has 5 heteroatoms. The molecule has 0 aromatic rings. The molecule has 19 heavy (non-hydrogen) atoms. The molecule has 3 unspecified atom stereocenters. The molecule has 108 valence electrons. The highest BCUT2D eigenvalue weighted by Crippen LogP contribution is 2.59. The molecule has 2 rings (SSSR count). The standard InChI is InChI=1S/C14H23NO4/c1-4-15(7-9-5-6-19-8-9)12(16)10-11(13(17)18)14(10,2)3/h9-11H,4-8H2,1-3H3,(H,17,18). The Morgan fingerprint density at radius 3 is 2.47 bits per heavy atom. The second kappa shape index (κ2) is 5.12. The first-order valence-electron chi connectivity index (χ1n) is 6.99. The Balaban J connectivity index is 1.99. The van der Waals surface area contributed by atoms with Crippen LogP contribution in [0.1, 0.15) is 27.2 Å². The quantitative estimate of drug-likeness (QED) is 0.815. The van der Waals surface area contributed by atoms with E-state index in [1.165, 1.54) is 0 Å². The maximum absolute atomic E-state index is 12.5. The molecule has 3 atom stereocenters. The molecule has 2 aliphatic rings. The normalized spacial score (nSPS) is 32.1. The van der Waals surface area contributed by atoms with Crippen LogP contribution in [0, 0.1) is 23.2 Å². The third-order valence-electron chi connectivity index (χ3n) is 4.56. The maximum atomic E-state index is 12.5. The van der Waals surface area contributed by atoms with Crippen LogP contribution in [0.3, 0.4) is 0 Å². The van der Waals surface area contributed by atoms with Gasteiger partial charge in [-0.25, -0.2) is 0 Å². The molecule has 0 aromatic heterocycles. The number of carbonyl (C=O) groups excluding carboxylic acids is 1. The number of carboxylic acid groups (broad SMARTS) is 1. The van der Waals surface area contributed by atoms with Crippen molar-refractivity contribution in [1.29, 1.82) is 0 Å². The zero-order valence-electron chi connectivity index (χ0n) is 11.9. The second-order valence-corrected chi connectivity index (χ2v) is 6.22. The van der Waals surface area contributed by atoms with Crippen LogP contribution in [-0.4, -0.2) is 48.2 Å². The number of hydrogen-bond acceptors (Lipinski definition) is 3. The van der Waals surface area contributed by atoms with E-state index in [1.807, 2.05) is 20.8 Å². The van der Waals surface area contributed by atoms with E-state index in [4.69, 9.17) is 9.84 Å². The summed E-state index contributed by atoms with van der Waals surface area (Å²) in [6, 6.07) is 0. The monoisotopic (exact) mass is 269 g/mol. The third-order valence-corrected chi connectivity index (χ3v) is 4.56. The molecule has 0 radical (unpaired) electrons. The van der Waals surface area contributed by atoms with Crippen LogP contribution in [-0.2, 0) is 14.3 Å². The first-order valence-corrected chi connectivity index (χ1v) is 6.99. The number of carboxylic acids is 1.